The van der Waals surface area contributed by atoms with E-state index in [1.165, 1.54) is 31.5 Å². The van der Waals surface area contributed by atoms with Gasteiger partial charge in [0.15, 0.2) is 0 Å². The average molecular weight is 479 g/mol. The van der Waals surface area contributed by atoms with Crippen LogP contribution in [-0.4, -0.2) is 29.1 Å². The maximum Gasteiger partial charge on any atom is 0.416 e. The molecule has 1 atom stereocenters. The van der Waals surface area contributed by atoms with E-state index in [1.807, 2.05) is 0 Å². The van der Waals surface area contributed by atoms with Gasteiger partial charge in [-0.2, -0.15) is 13.2 Å². The van der Waals surface area contributed by atoms with Gasteiger partial charge in [-0.1, -0.05) is 41.9 Å². The Bertz CT molecular complexity index is 1170. The fourth-order valence-electron chi connectivity index (χ4n) is 3.20. The Kier molecular flexibility index (Phi) is 7.23. The first kappa shape index (κ1) is 24.1. The minimum Gasteiger partial charge on any atom is -0.481 e. The van der Waals surface area contributed by atoms with Crippen molar-refractivity contribution in [3.63, 3.8) is 0 Å². The number of ether oxygens (including phenoxy) is 1. The van der Waals surface area contributed by atoms with Crippen molar-refractivity contribution in [3.8, 4) is 17.0 Å². The van der Waals surface area contributed by atoms with Crippen LogP contribution in [0.25, 0.3) is 11.1 Å². The van der Waals surface area contributed by atoms with Crippen LogP contribution in [-0.2, 0) is 11.0 Å². The molecule has 0 saturated heterocycles. The number of rotatable bonds is 7. The molecule has 3 rings (SSSR count). The Morgan fingerprint density at radius 2 is 1.82 bits per heavy atom. The van der Waals surface area contributed by atoms with Gasteiger partial charge in [0.2, 0.25) is 5.88 Å². The van der Waals surface area contributed by atoms with Gasteiger partial charge in [0.05, 0.1) is 30.7 Å². The van der Waals surface area contributed by atoms with Gasteiger partial charge in [-0.25, -0.2) is 4.98 Å². The molecule has 1 amide bonds. The van der Waals surface area contributed by atoms with Crippen LogP contribution in [0.15, 0.2) is 60.8 Å². The van der Waals surface area contributed by atoms with E-state index in [9.17, 15) is 27.9 Å². The SMILES string of the molecule is COc1ncc(C(=O)NC(CC(=O)O)c2ccccc2Cl)cc1-c1ccc(C(F)(F)F)cc1. The van der Waals surface area contributed by atoms with Crippen molar-refractivity contribution in [2.24, 2.45) is 0 Å². The van der Waals surface area contributed by atoms with E-state index in [4.69, 9.17) is 16.3 Å². The first-order chi connectivity index (χ1) is 15.6. The molecule has 2 N–H and O–H groups in total. The van der Waals surface area contributed by atoms with Crippen LogP contribution in [0.3, 0.4) is 0 Å². The van der Waals surface area contributed by atoms with Crippen molar-refractivity contribution in [2.45, 2.75) is 18.6 Å². The van der Waals surface area contributed by atoms with Crippen LogP contribution in [0, 0.1) is 0 Å². The number of carbonyl (C=O) groups excluding carboxylic acids is 1. The number of amides is 1. The van der Waals surface area contributed by atoms with Crippen molar-refractivity contribution in [2.75, 3.05) is 7.11 Å². The maximum atomic E-state index is 12.9. The number of hydrogen-bond acceptors (Lipinski definition) is 4. The Morgan fingerprint density at radius 1 is 1.15 bits per heavy atom. The summed E-state index contributed by atoms with van der Waals surface area (Å²) in [5.41, 5.74) is 0.331. The highest BCUT2D eigenvalue weighted by molar-refractivity contribution is 6.31. The van der Waals surface area contributed by atoms with Gasteiger partial charge in [-0.15, -0.1) is 0 Å². The zero-order valence-corrected chi connectivity index (χ0v) is 17.9. The molecule has 1 heterocycles. The monoisotopic (exact) mass is 478 g/mol. The lowest BCUT2D eigenvalue weighted by atomic mass is 10.0. The standard InChI is InChI=1S/C23H18ClF3N2O4/c1-33-22-17(13-6-8-15(9-7-13)23(25,26)27)10-14(12-28-22)21(32)29-19(11-20(30)31)16-4-2-3-5-18(16)24/h2-10,12,19H,11H2,1H3,(H,29,32)(H,30,31). The number of alkyl halides is 3. The molecule has 33 heavy (non-hydrogen) atoms. The van der Waals surface area contributed by atoms with Crippen LogP contribution >= 0.6 is 11.6 Å². The average Bonchev–Trinajstić information content (AvgIpc) is 2.77. The Balaban J connectivity index is 1.93. The normalized spacial score (nSPS) is 12.2. The Labute approximate surface area is 192 Å². The molecule has 6 nitrogen and oxygen atoms in total. The number of nitrogens with one attached hydrogen (secondary N) is 1. The van der Waals surface area contributed by atoms with E-state index >= 15 is 0 Å². The zero-order valence-electron chi connectivity index (χ0n) is 17.2. The third kappa shape index (κ3) is 5.81. The number of benzene rings is 2. The topological polar surface area (TPSA) is 88.5 Å². The van der Waals surface area contributed by atoms with E-state index in [0.717, 1.165) is 12.1 Å². The zero-order chi connectivity index (χ0) is 24.2. The van der Waals surface area contributed by atoms with Gasteiger partial charge < -0.3 is 15.2 Å². The highest BCUT2D eigenvalue weighted by Gasteiger charge is 2.30. The summed E-state index contributed by atoms with van der Waals surface area (Å²) < 4.78 is 43.8. The predicted octanol–water partition coefficient (Wildman–Crippen LogP) is 5.38. The third-order valence-electron chi connectivity index (χ3n) is 4.79. The lowest BCUT2D eigenvalue weighted by Crippen LogP contribution is -2.30. The highest BCUT2D eigenvalue weighted by atomic mass is 35.5. The molecule has 0 saturated carbocycles. The molecule has 172 valence electrons. The predicted molar refractivity (Wildman–Crippen MR) is 115 cm³/mol. The number of carboxylic acid groups (broad SMARTS) is 1. The van der Waals surface area contributed by atoms with Gasteiger partial charge in [0.1, 0.15) is 0 Å². The molecule has 0 aliphatic heterocycles. The van der Waals surface area contributed by atoms with Crippen molar-refractivity contribution < 1.29 is 32.6 Å². The van der Waals surface area contributed by atoms with Gasteiger partial charge in [-0.05, 0) is 35.4 Å². The number of nitrogens with zero attached hydrogens (tertiary/aromatic N) is 1. The first-order valence-corrected chi connectivity index (χ1v) is 9.96. The molecule has 0 bridgehead atoms. The molecular weight excluding hydrogens is 461 g/mol. The highest BCUT2D eigenvalue weighted by Crippen LogP contribution is 2.34. The number of aliphatic carboxylic acids is 1. The van der Waals surface area contributed by atoms with Crippen LogP contribution in [0.4, 0.5) is 13.2 Å². The number of methoxy groups -OCH3 is 1. The smallest absolute Gasteiger partial charge is 0.416 e. The van der Waals surface area contributed by atoms with Crippen molar-refractivity contribution in [1.82, 2.24) is 10.3 Å². The van der Waals surface area contributed by atoms with Crippen molar-refractivity contribution in [1.29, 1.82) is 0 Å². The summed E-state index contributed by atoms with van der Waals surface area (Å²) in [6, 6.07) is 11.4. The number of pyridine rings is 1. The number of hydrogen-bond donors (Lipinski definition) is 2. The molecule has 1 unspecified atom stereocenters. The van der Waals surface area contributed by atoms with Crippen LogP contribution in [0.5, 0.6) is 5.88 Å². The van der Waals surface area contributed by atoms with Gasteiger partial charge in [-0.3, -0.25) is 9.59 Å². The molecule has 0 radical (unpaired) electrons. The summed E-state index contributed by atoms with van der Waals surface area (Å²) in [5, 5.41) is 12.2. The summed E-state index contributed by atoms with van der Waals surface area (Å²) in [7, 11) is 1.34. The van der Waals surface area contributed by atoms with E-state index in [-0.39, 0.29) is 11.4 Å². The minimum absolute atomic E-state index is 0.0631. The molecule has 0 spiro atoms. The molecule has 0 aliphatic carbocycles. The van der Waals surface area contributed by atoms with E-state index in [0.29, 0.717) is 21.7 Å². The van der Waals surface area contributed by atoms with Gasteiger partial charge in [0.25, 0.3) is 5.91 Å². The molecule has 1 aromatic heterocycles. The van der Waals surface area contributed by atoms with Crippen LogP contribution < -0.4 is 10.1 Å². The minimum atomic E-state index is -4.49. The number of carbonyl (C=O) groups is 2. The number of halogens is 4. The summed E-state index contributed by atoms with van der Waals surface area (Å²) in [5.74, 6) is -1.66. The van der Waals surface area contributed by atoms with Crippen LogP contribution in [0.1, 0.15) is 33.9 Å². The second kappa shape index (κ2) is 9.91. The Hall–Kier alpha value is -3.59. The summed E-state index contributed by atoms with van der Waals surface area (Å²) in [4.78, 5) is 28.3. The summed E-state index contributed by atoms with van der Waals surface area (Å²) >= 11 is 6.17. The van der Waals surface area contributed by atoms with Gasteiger partial charge in [0, 0.05) is 16.8 Å². The largest absolute Gasteiger partial charge is 0.481 e. The second-order valence-electron chi connectivity index (χ2n) is 7.00. The first-order valence-electron chi connectivity index (χ1n) is 9.59. The second-order valence-corrected chi connectivity index (χ2v) is 7.41. The molecule has 0 fully saturated rings. The van der Waals surface area contributed by atoms with Crippen molar-refractivity contribution >= 4 is 23.5 Å². The Morgan fingerprint density at radius 3 is 2.39 bits per heavy atom. The lowest BCUT2D eigenvalue weighted by Gasteiger charge is -2.19. The van der Waals surface area contributed by atoms with E-state index in [1.54, 1.807) is 24.3 Å². The van der Waals surface area contributed by atoms with Crippen molar-refractivity contribution in [3.05, 3.63) is 82.5 Å². The van der Waals surface area contributed by atoms with Gasteiger partial charge >= 0.3 is 12.1 Å². The maximum absolute atomic E-state index is 12.9. The van der Waals surface area contributed by atoms with E-state index in [2.05, 4.69) is 10.3 Å². The quantitative estimate of drug-likeness (QED) is 0.476. The molecule has 3 aromatic rings. The third-order valence-corrected chi connectivity index (χ3v) is 5.14. The summed E-state index contributed by atoms with van der Waals surface area (Å²) in [6.07, 6.45) is -3.67. The lowest BCUT2D eigenvalue weighted by molar-refractivity contribution is -0.138. The fourth-order valence-corrected chi connectivity index (χ4v) is 3.46. The summed E-state index contributed by atoms with van der Waals surface area (Å²) in [6.45, 7) is 0. The van der Waals surface area contributed by atoms with Crippen LogP contribution in [0.2, 0.25) is 5.02 Å². The molecular formula is C23H18ClF3N2O4. The molecule has 0 aliphatic rings. The van der Waals surface area contributed by atoms with E-state index < -0.39 is 36.1 Å². The number of carboxylic acids is 1. The fraction of sp³-hybridized carbons (Fsp3) is 0.174. The molecule has 10 heteroatoms. The molecule has 2 aromatic carbocycles. The number of aromatic nitrogens is 1.